The molecule has 0 radical (unpaired) electrons. The van der Waals surface area contributed by atoms with Gasteiger partial charge in [-0.05, 0) is 26.7 Å². The predicted octanol–water partition coefficient (Wildman–Crippen LogP) is 0.0189. The fourth-order valence-corrected chi connectivity index (χ4v) is 1.02. The number of hydrogen-bond acceptors (Lipinski definition) is 3. The normalized spacial score (nSPS) is 19.7. The van der Waals surface area contributed by atoms with Gasteiger partial charge < -0.3 is 15.8 Å². The molecule has 1 rings (SSSR count). The summed E-state index contributed by atoms with van der Waals surface area (Å²) in [7, 11) is 1.53. The van der Waals surface area contributed by atoms with Gasteiger partial charge in [0.05, 0.1) is 5.54 Å². The van der Waals surface area contributed by atoms with E-state index in [4.69, 9.17) is 10.5 Å². The molecule has 76 valence electrons. The molecular formula is C9H18N2O2. The first kappa shape index (κ1) is 10.5. The Bertz CT molecular complexity index is 210. The highest BCUT2D eigenvalue weighted by Gasteiger charge is 2.45. The molecule has 4 heteroatoms. The van der Waals surface area contributed by atoms with Crippen LogP contribution in [-0.2, 0) is 9.53 Å². The molecule has 0 spiro atoms. The third-order valence-corrected chi connectivity index (χ3v) is 2.68. The number of amides is 1. The number of carbonyl (C=O) groups excluding carboxylic acids is 1. The Labute approximate surface area is 78.8 Å². The Kier molecular flexibility index (Phi) is 2.63. The average Bonchev–Trinajstić information content (AvgIpc) is 2.85. The van der Waals surface area contributed by atoms with Crippen molar-refractivity contribution in [2.75, 3.05) is 13.7 Å². The zero-order valence-electron chi connectivity index (χ0n) is 8.52. The van der Waals surface area contributed by atoms with E-state index >= 15 is 0 Å². The zero-order chi connectivity index (χ0) is 10.1. The van der Waals surface area contributed by atoms with Crippen LogP contribution in [0.5, 0.6) is 0 Å². The van der Waals surface area contributed by atoms with E-state index < -0.39 is 5.60 Å². The third-order valence-electron chi connectivity index (χ3n) is 2.68. The van der Waals surface area contributed by atoms with Crippen molar-refractivity contribution in [3.63, 3.8) is 0 Å². The molecule has 1 fully saturated rings. The summed E-state index contributed by atoms with van der Waals surface area (Å²) in [6, 6.07) is 0. The van der Waals surface area contributed by atoms with Crippen molar-refractivity contribution >= 4 is 5.91 Å². The Morgan fingerprint density at radius 1 is 1.62 bits per heavy atom. The SMILES string of the molecule is COC(C)(C)C(=O)NC1(CN)CC1. The second kappa shape index (κ2) is 3.27. The first-order chi connectivity index (χ1) is 5.96. The van der Waals surface area contributed by atoms with Crippen LogP contribution in [0.25, 0.3) is 0 Å². The van der Waals surface area contributed by atoms with Crippen LogP contribution in [0.3, 0.4) is 0 Å². The smallest absolute Gasteiger partial charge is 0.252 e. The third kappa shape index (κ3) is 2.19. The summed E-state index contributed by atoms with van der Waals surface area (Å²) in [5, 5.41) is 2.92. The van der Waals surface area contributed by atoms with Crippen molar-refractivity contribution in [1.29, 1.82) is 0 Å². The van der Waals surface area contributed by atoms with Crippen LogP contribution >= 0.6 is 0 Å². The minimum atomic E-state index is -0.759. The molecule has 0 aliphatic heterocycles. The second-order valence-corrected chi connectivity index (χ2v) is 4.15. The summed E-state index contributed by atoms with van der Waals surface area (Å²) >= 11 is 0. The molecule has 3 N–H and O–H groups in total. The predicted molar refractivity (Wildman–Crippen MR) is 50.3 cm³/mol. The highest BCUT2D eigenvalue weighted by molar-refractivity contribution is 5.85. The van der Waals surface area contributed by atoms with Gasteiger partial charge in [0, 0.05) is 13.7 Å². The molecule has 0 aromatic heterocycles. The molecule has 13 heavy (non-hydrogen) atoms. The highest BCUT2D eigenvalue weighted by Crippen LogP contribution is 2.34. The van der Waals surface area contributed by atoms with Gasteiger partial charge in [-0.2, -0.15) is 0 Å². The molecule has 4 nitrogen and oxygen atoms in total. The van der Waals surface area contributed by atoms with Crippen LogP contribution in [0, 0.1) is 0 Å². The van der Waals surface area contributed by atoms with Gasteiger partial charge in [0.25, 0.3) is 5.91 Å². The molecular weight excluding hydrogens is 168 g/mol. The number of carbonyl (C=O) groups is 1. The largest absolute Gasteiger partial charge is 0.369 e. The minimum Gasteiger partial charge on any atom is -0.369 e. The number of methoxy groups -OCH3 is 1. The average molecular weight is 186 g/mol. The van der Waals surface area contributed by atoms with E-state index in [1.165, 1.54) is 7.11 Å². The van der Waals surface area contributed by atoms with Crippen LogP contribution in [0.1, 0.15) is 26.7 Å². The van der Waals surface area contributed by atoms with Gasteiger partial charge in [-0.15, -0.1) is 0 Å². The molecule has 0 heterocycles. The molecule has 1 aliphatic carbocycles. The first-order valence-electron chi connectivity index (χ1n) is 4.54. The van der Waals surface area contributed by atoms with Crippen molar-refractivity contribution in [3.05, 3.63) is 0 Å². The van der Waals surface area contributed by atoms with Crippen molar-refractivity contribution in [2.24, 2.45) is 5.73 Å². The molecule has 0 aromatic rings. The molecule has 1 saturated carbocycles. The van der Waals surface area contributed by atoms with Gasteiger partial charge in [-0.1, -0.05) is 0 Å². The maximum absolute atomic E-state index is 11.6. The zero-order valence-corrected chi connectivity index (χ0v) is 8.52. The Balaban J connectivity index is 2.50. The fraction of sp³-hybridized carbons (Fsp3) is 0.889. The monoisotopic (exact) mass is 186 g/mol. The molecule has 0 bridgehead atoms. The minimum absolute atomic E-state index is 0.0852. The Hall–Kier alpha value is -0.610. The molecule has 0 saturated heterocycles. The van der Waals surface area contributed by atoms with Gasteiger partial charge >= 0.3 is 0 Å². The fourth-order valence-electron chi connectivity index (χ4n) is 1.02. The van der Waals surface area contributed by atoms with Gasteiger partial charge in [-0.25, -0.2) is 0 Å². The van der Waals surface area contributed by atoms with Crippen LogP contribution in [0.15, 0.2) is 0 Å². The number of rotatable bonds is 4. The maximum Gasteiger partial charge on any atom is 0.252 e. The van der Waals surface area contributed by atoms with Gasteiger partial charge in [0.15, 0.2) is 0 Å². The van der Waals surface area contributed by atoms with Crippen molar-refractivity contribution in [1.82, 2.24) is 5.32 Å². The lowest BCUT2D eigenvalue weighted by Crippen LogP contribution is -2.51. The van der Waals surface area contributed by atoms with E-state index in [-0.39, 0.29) is 11.4 Å². The lowest BCUT2D eigenvalue weighted by Gasteiger charge is -2.25. The summed E-state index contributed by atoms with van der Waals surface area (Å²) in [6.45, 7) is 4.00. The number of ether oxygens (including phenoxy) is 1. The second-order valence-electron chi connectivity index (χ2n) is 4.15. The van der Waals surface area contributed by atoms with Crippen LogP contribution in [0.2, 0.25) is 0 Å². The van der Waals surface area contributed by atoms with Crippen LogP contribution in [0.4, 0.5) is 0 Å². The van der Waals surface area contributed by atoms with E-state index in [0.717, 1.165) is 12.8 Å². The standard InChI is InChI=1S/C9H18N2O2/c1-8(2,13-3)7(12)11-9(6-10)4-5-9/h4-6,10H2,1-3H3,(H,11,12). The Morgan fingerprint density at radius 3 is 2.46 bits per heavy atom. The van der Waals surface area contributed by atoms with E-state index in [2.05, 4.69) is 5.32 Å². The quantitative estimate of drug-likeness (QED) is 0.650. The molecule has 0 aromatic carbocycles. The first-order valence-corrected chi connectivity index (χ1v) is 4.54. The van der Waals surface area contributed by atoms with Crippen molar-refractivity contribution in [3.8, 4) is 0 Å². The van der Waals surface area contributed by atoms with Gasteiger partial charge in [-0.3, -0.25) is 4.79 Å². The summed E-state index contributed by atoms with van der Waals surface area (Å²) in [5.41, 5.74) is 4.66. The summed E-state index contributed by atoms with van der Waals surface area (Å²) < 4.78 is 5.06. The number of hydrogen-bond donors (Lipinski definition) is 2. The summed E-state index contributed by atoms with van der Waals surface area (Å²) in [5.74, 6) is -0.0852. The van der Waals surface area contributed by atoms with E-state index in [1.807, 2.05) is 0 Å². The summed E-state index contributed by atoms with van der Waals surface area (Å²) in [4.78, 5) is 11.6. The van der Waals surface area contributed by atoms with Crippen molar-refractivity contribution < 1.29 is 9.53 Å². The summed E-state index contributed by atoms with van der Waals surface area (Å²) in [6.07, 6.45) is 1.96. The molecule has 1 aliphatic rings. The maximum atomic E-state index is 11.6. The van der Waals surface area contributed by atoms with Crippen LogP contribution < -0.4 is 11.1 Å². The highest BCUT2D eigenvalue weighted by atomic mass is 16.5. The van der Waals surface area contributed by atoms with E-state index in [1.54, 1.807) is 13.8 Å². The Morgan fingerprint density at radius 2 is 2.15 bits per heavy atom. The van der Waals surface area contributed by atoms with E-state index in [0.29, 0.717) is 6.54 Å². The number of nitrogens with two attached hydrogens (primary N) is 1. The van der Waals surface area contributed by atoms with Crippen LogP contribution in [-0.4, -0.2) is 30.7 Å². The molecule has 0 unspecified atom stereocenters. The lowest BCUT2D eigenvalue weighted by molar-refractivity contribution is -0.140. The molecule has 1 amide bonds. The molecule has 0 atom stereocenters. The topological polar surface area (TPSA) is 64.3 Å². The van der Waals surface area contributed by atoms with Gasteiger partial charge in [0.1, 0.15) is 5.60 Å². The lowest BCUT2D eigenvalue weighted by atomic mass is 10.1. The number of nitrogens with one attached hydrogen (secondary N) is 1. The van der Waals surface area contributed by atoms with Gasteiger partial charge in [0.2, 0.25) is 0 Å². The van der Waals surface area contributed by atoms with Crippen molar-refractivity contribution in [2.45, 2.75) is 37.8 Å². The van der Waals surface area contributed by atoms with E-state index in [9.17, 15) is 4.79 Å².